The summed E-state index contributed by atoms with van der Waals surface area (Å²) >= 11 is 0. The average Bonchev–Trinajstić information content (AvgIpc) is 3.52. The maximum absolute atomic E-state index is 10.7. The highest BCUT2D eigenvalue weighted by Gasteiger charge is 2.24. The van der Waals surface area contributed by atoms with E-state index in [9.17, 15) is 5.26 Å². The molecule has 2 atom stereocenters. The van der Waals surface area contributed by atoms with Crippen LogP contribution in [0.1, 0.15) is 68.7 Å². The molecule has 6 heteroatoms. The zero-order chi connectivity index (χ0) is 28.3. The first-order valence-corrected chi connectivity index (χ1v) is 15.5. The monoisotopic (exact) mass is 559 g/mol. The van der Waals surface area contributed by atoms with Gasteiger partial charge in [-0.1, -0.05) is 30.3 Å². The molecule has 214 valence electrons. The van der Waals surface area contributed by atoms with Gasteiger partial charge in [0, 0.05) is 37.0 Å². The van der Waals surface area contributed by atoms with Crippen LogP contribution < -0.4 is 0 Å². The maximum Gasteiger partial charge on any atom is 0.157 e. The molecule has 0 saturated carbocycles. The van der Waals surface area contributed by atoms with Crippen LogP contribution in [0.15, 0.2) is 66.9 Å². The standard InChI is InChI=1S/C36H37N3O3/c37-24-32-31-23-29-20-26-10-2-1-9-25(26)19-28(29)22-30(31)21-27(11-3-6-17-41-35-13-5-8-18-42-35)36(32)33-14-15-38-39(33)34-12-4-7-16-40-34/h1-2,9-10,14-15,19-23,34-35H,3-8,11-13,16-18H2. The number of nitrogens with zero attached hydrogens (tertiary/aromatic N) is 3. The van der Waals surface area contributed by atoms with Crippen molar-refractivity contribution in [1.82, 2.24) is 9.78 Å². The first-order chi connectivity index (χ1) is 20.8. The topological polar surface area (TPSA) is 69.3 Å². The lowest BCUT2D eigenvalue weighted by molar-refractivity contribution is -0.162. The second kappa shape index (κ2) is 12.2. The fourth-order valence-corrected chi connectivity index (χ4v) is 6.64. The SMILES string of the molecule is N#Cc1c(-c2ccnn2C2CCCCO2)c(CCCCOC2CCCCO2)cc2cc3cc4ccccc4cc3cc12. The fourth-order valence-electron chi connectivity index (χ4n) is 6.64. The van der Waals surface area contributed by atoms with Crippen molar-refractivity contribution in [2.24, 2.45) is 0 Å². The molecule has 2 fully saturated rings. The van der Waals surface area contributed by atoms with Crippen LogP contribution >= 0.6 is 0 Å². The number of hydrogen-bond acceptors (Lipinski definition) is 5. The molecule has 6 nitrogen and oxygen atoms in total. The van der Waals surface area contributed by atoms with Gasteiger partial charge in [0.2, 0.25) is 0 Å². The van der Waals surface area contributed by atoms with Crippen LogP contribution in [0.4, 0.5) is 0 Å². The van der Waals surface area contributed by atoms with Crippen molar-refractivity contribution in [3.8, 4) is 17.3 Å². The van der Waals surface area contributed by atoms with Crippen molar-refractivity contribution in [3.05, 3.63) is 78.0 Å². The first-order valence-electron chi connectivity index (χ1n) is 15.5. The second-order valence-electron chi connectivity index (χ2n) is 11.6. The summed E-state index contributed by atoms with van der Waals surface area (Å²) in [4.78, 5) is 0. The Morgan fingerprint density at radius 3 is 2.33 bits per heavy atom. The van der Waals surface area contributed by atoms with Crippen molar-refractivity contribution < 1.29 is 14.2 Å². The Balaban J connectivity index is 1.29. The average molecular weight is 560 g/mol. The van der Waals surface area contributed by atoms with Gasteiger partial charge in [-0.25, -0.2) is 4.68 Å². The predicted molar refractivity (Wildman–Crippen MR) is 166 cm³/mol. The van der Waals surface area contributed by atoms with Crippen molar-refractivity contribution in [2.75, 3.05) is 19.8 Å². The Bertz CT molecular complexity index is 1760. The molecule has 2 aliphatic heterocycles. The molecule has 4 aromatic carbocycles. The zero-order valence-electron chi connectivity index (χ0n) is 24.1. The van der Waals surface area contributed by atoms with E-state index in [1.165, 1.54) is 28.1 Å². The molecule has 0 amide bonds. The summed E-state index contributed by atoms with van der Waals surface area (Å²) < 4.78 is 19.9. The van der Waals surface area contributed by atoms with E-state index in [0.29, 0.717) is 12.2 Å². The largest absolute Gasteiger partial charge is 0.356 e. The van der Waals surface area contributed by atoms with Gasteiger partial charge >= 0.3 is 0 Å². The van der Waals surface area contributed by atoms with Crippen LogP contribution in [0.5, 0.6) is 0 Å². The molecular weight excluding hydrogens is 522 g/mol. The highest BCUT2D eigenvalue weighted by atomic mass is 16.7. The first kappa shape index (κ1) is 27.1. The summed E-state index contributed by atoms with van der Waals surface area (Å²) in [6.45, 7) is 2.22. The highest BCUT2D eigenvalue weighted by Crippen LogP contribution is 2.39. The Morgan fingerprint density at radius 1 is 0.833 bits per heavy atom. The van der Waals surface area contributed by atoms with Crippen molar-refractivity contribution in [2.45, 2.75) is 70.3 Å². The number of hydrogen-bond donors (Lipinski definition) is 0. The summed E-state index contributed by atoms with van der Waals surface area (Å²) in [5.41, 5.74) is 3.82. The molecular formula is C36H37N3O3. The van der Waals surface area contributed by atoms with Crippen LogP contribution in [0, 0.1) is 11.3 Å². The van der Waals surface area contributed by atoms with Gasteiger partial charge in [0.1, 0.15) is 6.07 Å². The minimum absolute atomic E-state index is 0.0608. The number of unbranched alkanes of at least 4 members (excludes halogenated alkanes) is 1. The minimum Gasteiger partial charge on any atom is -0.356 e. The molecule has 2 saturated heterocycles. The normalized spacial score (nSPS) is 19.4. The van der Waals surface area contributed by atoms with E-state index in [2.05, 4.69) is 60.7 Å². The van der Waals surface area contributed by atoms with Gasteiger partial charge in [-0.05, 0) is 121 Å². The van der Waals surface area contributed by atoms with E-state index in [1.807, 2.05) is 16.9 Å². The van der Waals surface area contributed by atoms with Gasteiger partial charge in [0.15, 0.2) is 12.5 Å². The van der Waals surface area contributed by atoms with Gasteiger partial charge in [-0.15, -0.1) is 0 Å². The molecule has 0 spiro atoms. The summed E-state index contributed by atoms with van der Waals surface area (Å²) in [6, 6.07) is 24.3. The van der Waals surface area contributed by atoms with Gasteiger partial charge in [0.25, 0.3) is 0 Å². The van der Waals surface area contributed by atoms with Crippen molar-refractivity contribution in [1.29, 1.82) is 5.26 Å². The second-order valence-corrected chi connectivity index (χ2v) is 11.6. The molecule has 0 radical (unpaired) electrons. The number of aromatic nitrogens is 2. The zero-order valence-corrected chi connectivity index (χ0v) is 24.1. The third-order valence-corrected chi connectivity index (χ3v) is 8.79. The minimum atomic E-state index is -0.106. The number of ether oxygens (including phenoxy) is 3. The van der Waals surface area contributed by atoms with Gasteiger partial charge in [0.05, 0.1) is 11.3 Å². The molecule has 42 heavy (non-hydrogen) atoms. The summed E-state index contributed by atoms with van der Waals surface area (Å²) in [6.07, 6.45) is 10.8. The lowest BCUT2D eigenvalue weighted by Gasteiger charge is -2.25. The van der Waals surface area contributed by atoms with Crippen LogP contribution in [0.2, 0.25) is 0 Å². The number of rotatable bonds is 8. The molecule has 5 aromatic rings. The van der Waals surface area contributed by atoms with Crippen molar-refractivity contribution >= 4 is 32.3 Å². The molecule has 2 unspecified atom stereocenters. The van der Waals surface area contributed by atoms with Gasteiger partial charge in [-0.2, -0.15) is 10.4 Å². The maximum atomic E-state index is 10.7. The van der Waals surface area contributed by atoms with E-state index >= 15 is 0 Å². The van der Waals surface area contributed by atoms with Crippen molar-refractivity contribution in [3.63, 3.8) is 0 Å². The van der Waals surface area contributed by atoms with Gasteiger partial charge < -0.3 is 14.2 Å². The number of fused-ring (bicyclic) bond motifs is 3. The van der Waals surface area contributed by atoms with Crippen LogP contribution in [0.3, 0.4) is 0 Å². The quantitative estimate of drug-likeness (QED) is 0.141. The third kappa shape index (κ3) is 5.41. The fraction of sp³-hybridized carbons (Fsp3) is 0.389. The van der Waals surface area contributed by atoms with E-state index < -0.39 is 0 Å². The lowest BCUT2D eigenvalue weighted by Crippen LogP contribution is -2.22. The highest BCUT2D eigenvalue weighted by molar-refractivity contribution is 6.07. The van der Waals surface area contributed by atoms with E-state index in [4.69, 9.17) is 19.3 Å². The van der Waals surface area contributed by atoms with E-state index in [-0.39, 0.29) is 12.5 Å². The number of aryl methyl sites for hydroxylation is 1. The molecule has 0 bridgehead atoms. The van der Waals surface area contributed by atoms with Crippen LogP contribution in [-0.4, -0.2) is 35.9 Å². The molecule has 0 N–H and O–H groups in total. The smallest absolute Gasteiger partial charge is 0.157 e. The molecule has 2 aliphatic rings. The predicted octanol–water partition coefficient (Wildman–Crippen LogP) is 8.45. The molecule has 7 rings (SSSR count). The Labute approximate surface area is 246 Å². The van der Waals surface area contributed by atoms with Gasteiger partial charge in [-0.3, -0.25) is 0 Å². The molecule has 3 heterocycles. The van der Waals surface area contributed by atoms with E-state index in [1.54, 1.807) is 0 Å². The number of nitriles is 1. The molecule has 0 aliphatic carbocycles. The summed E-state index contributed by atoms with van der Waals surface area (Å²) in [7, 11) is 0. The summed E-state index contributed by atoms with van der Waals surface area (Å²) in [5, 5.41) is 22.2. The summed E-state index contributed by atoms with van der Waals surface area (Å²) in [5.74, 6) is 0. The Kier molecular flexibility index (Phi) is 7.89. The van der Waals surface area contributed by atoms with Crippen LogP contribution in [0.25, 0.3) is 43.6 Å². The molecule has 1 aromatic heterocycles. The van der Waals surface area contributed by atoms with E-state index in [0.717, 1.165) is 92.0 Å². The Hall–Kier alpha value is -3.76. The number of benzene rings is 4. The Morgan fingerprint density at radius 2 is 1.60 bits per heavy atom. The van der Waals surface area contributed by atoms with Crippen LogP contribution in [-0.2, 0) is 20.6 Å². The third-order valence-electron chi connectivity index (χ3n) is 8.79. The lowest BCUT2D eigenvalue weighted by atomic mass is 9.88.